The Hall–Kier alpha value is -2.44. The van der Waals surface area contributed by atoms with Gasteiger partial charge in [-0.2, -0.15) is 0 Å². The molecular weight excluding hydrogens is 258 g/mol. The fraction of sp³-hybridized carbons (Fsp3) is 0.143. The van der Waals surface area contributed by atoms with Crippen molar-refractivity contribution in [1.82, 2.24) is 5.32 Å². The largest absolute Gasteiger partial charge is 0.394 e. The molecule has 20 heavy (non-hydrogen) atoms. The molecule has 0 aliphatic carbocycles. The first-order chi connectivity index (χ1) is 9.63. The Morgan fingerprint density at radius 2 is 1.80 bits per heavy atom. The van der Waals surface area contributed by atoms with Gasteiger partial charge in [0.1, 0.15) is 0 Å². The van der Waals surface area contributed by atoms with Crippen LogP contribution in [0.4, 0.5) is 5.69 Å². The van der Waals surface area contributed by atoms with E-state index >= 15 is 0 Å². The fourth-order valence-corrected chi connectivity index (χ4v) is 2.49. The highest BCUT2D eigenvalue weighted by Gasteiger charge is 2.26. The number of carbonyl (C=O) groups excluding carboxylic acids is 2. The molecule has 3 rings (SSSR count). The van der Waals surface area contributed by atoms with Crippen molar-refractivity contribution in [2.45, 2.75) is 0 Å². The van der Waals surface area contributed by atoms with Crippen molar-refractivity contribution < 1.29 is 14.7 Å². The van der Waals surface area contributed by atoms with Crippen LogP contribution in [0.25, 0.3) is 10.8 Å². The van der Waals surface area contributed by atoms with Crippen LogP contribution in [0.1, 0.15) is 20.7 Å². The van der Waals surface area contributed by atoms with E-state index in [0.717, 1.165) is 5.39 Å². The number of benzene rings is 2. The van der Waals surface area contributed by atoms with E-state index in [1.165, 1.54) is 5.01 Å². The molecule has 0 saturated carbocycles. The first kappa shape index (κ1) is 12.6. The average Bonchev–Trinajstić information content (AvgIpc) is 2.44. The minimum atomic E-state index is -0.407. The van der Waals surface area contributed by atoms with E-state index in [0.29, 0.717) is 22.2 Å². The van der Waals surface area contributed by atoms with Gasteiger partial charge in [0, 0.05) is 21.9 Å². The highest BCUT2D eigenvalue weighted by molar-refractivity contribution is 6.26. The molecule has 1 aliphatic rings. The SMILES string of the molecule is NN(CCO)c1ccc2c3c(cccc13)C(=O)NC2=O. The first-order valence-electron chi connectivity index (χ1n) is 6.18. The second kappa shape index (κ2) is 4.59. The van der Waals surface area contributed by atoms with Crippen LogP contribution >= 0.6 is 0 Å². The van der Waals surface area contributed by atoms with Crippen LogP contribution in [-0.4, -0.2) is 30.1 Å². The molecule has 2 amide bonds. The number of nitrogens with one attached hydrogen (secondary N) is 1. The Labute approximate surface area is 114 Å². The minimum absolute atomic E-state index is 0.0845. The number of rotatable bonds is 3. The van der Waals surface area contributed by atoms with Crippen LogP contribution in [0.2, 0.25) is 0 Å². The molecule has 6 heteroatoms. The monoisotopic (exact) mass is 271 g/mol. The van der Waals surface area contributed by atoms with Crippen LogP contribution in [0.15, 0.2) is 30.3 Å². The minimum Gasteiger partial charge on any atom is -0.394 e. The molecule has 2 aromatic rings. The second-order valence-corrected chi connectivity index (χ2v) is 4.56. The van der Waals surface area contributed by atoms with Crippen molar-refractivity contribution in [2.24, 2.45) is 5.84 Å². The summed E-state index contributed by atoms with van der Waals surface area (Å²) in [5, 5.41) is 14.0. The molecule has 2 aromatic carbocycles. The van der Waals surface area contributed by atoms with Crippen LogP contribution in [-0.2, 0) is 0 Å². The zero-order chi connectivity index (χ0) is 14.3. The Morgan fingerprint density at radius 1 is 1.10 bits per heavy atom. The summed E-state index contributed by atoms with van der Waals surface area (Å²) in [5.41, 5.74) is 1.58. The van der Waals surface area contributed by atoms with Crippen LogP contribution in [0.3, 0.4) is 0 Å². The third-order valence-electron chi connectivity index (χ3n) is 3.38. The average molecular weight is 271 g/mol. The number of nitrogens with two attached hydrogens (primary N) is 1. The normalized spacial score (nSPS) is 13.5. The van der Waals surface area contributed by atoms with Gasteiger partial charge in [0.2, 0.25) is 0 Å². The zero-order valence-corrected chi connectivity index (χ0v) is 10.6. The molecule has 0 aromatic heterocycles. The number of hydrogen-bond acceptors (Lipinski definition) is 5. The summed E-state index contributed by atoms with van der Waals surface area (Å²) >= 11 is 0. The van der Waals surface area contributed by atoms with E-state index in [1.807, 2.05) is 0 Å². The first-order valence-corrected chi connectivity index (χ1v) is 6.18. The number of carbonyl (C=O) groups is 2. The third kappa shape index (κ3) is 1.74. The van der Waals surface area contributed by atoms with Crippen molar-refractivity contribution in [2.75, 3.05) is 18.2 Å². The number of aliphatic hydroxyl groups excluding tert-OH is 1. The number of hydrogen-bond donors (Lipinski definition) is 3. The van der Waals surface area contributed by atoms with Gasteiger partial charge in [0.15, 0.2) is 0 Å². The van der Waals surface area contributed by atoms with Gasteiger partial charge in [0.05, 0.1) is 18.8 Å². The van der Waals surface area contributed by atoms with E-state index in [-0.39, 0.29) is 13.2 Å². The summed E-state index contributed by atoms with van der Waals surface area (Å²) < 4.78 is 0. The molecule has 0 spiro atoms. The molecule has 0 fully saturated rings. The number of amides is 2. The Bertz CT molecular complexity index is 707. The lowest BCUT2D eigenvalue weighted by Gasteiger charge is -2.23. The topological polar surface area (TPSA) is 95.7 Å². The van der Waals surface area contributed by atoms with Crippen LogP contribution in [0.5, 0.6) is 0 Å². The van der Waals surface area contributed by atoms with Crippen LogP contribution < -0.4 is 16.2 Å². The smallest absolute Gasteiger partial charge is 0.258 e. The molecule has 0 radical (unpaired) electrons. The molecule has 0 bridgehead atoms. The molecule has 102 valence electrons. The van der Waals surface area contributed by atoms with E-state index in [1.54, 1.807) is 30.3 Å². The fourth-order valence-electron chi connectivity index (χ4n) is 2.49. The third-order valence-corrected chi connectivity index (χ3v) is 3.38. The predicted molar refractivity (Wildman–Crippen MR) is 74.4 cm³/mol. The molecular formula is C14H13N3O3. The lowest BCUT2D eigenvalue weighted by molar-refractivity contribution is 0.0845. The number of nitrogens with zero attached hydrogens (tertiary/aromatic N) is 1. The van der Waals surface area contributed by atoms with Crippen molar-refractivity contribution >= 4 is 28.3 Å². The summed E-state index contributed by atoms with van der Waals surface area (Å²) in [4.78, 5) is 23.7. The number of hydrazine groups is 1. The van der Waals surface area contributed by atoms with E-state index in [9.17, 15) is 9.59 Å². The van der Waals surface area contributed by atoms with Gasteiger partial charge >= 0.3 is 0 Å². The summed E-state index contributed by atoms with van der Waals surface area (Å²) in [6, 6.07) is 8.57. The second-order valence-electron chi connectivity index (χ2n) is 4.56. The highest BCUT2D eigenvalue weighted by atomic mass is 16.3. The number of aliphatic hydroxyl groups is 1. The van der Waals surface area contributed by atoms with Crippen molar-refractivity contribution in [1.29, 1.82) is 0 Å². The molecule has 0 unspecified atom stereocenters. The molecule has 1 heterocycles. The molecule has 0 atom stereocenters. The highest BCUT2D eigenvalue weighted by Crippen LogP contribution is 2.32. The molecule has 4 N–H and O–H groups in total. The molecule has 6 nitrogen and oxygen atoms in total. The van der Waals surface area contributed by atoms with Gasteiger partial charge in [-0.25, -0.2) is 5.84 Å². The summed E-state index contributed by atoms with van der Waals surface area (Å²) in [6.07, 6.45) is 0. The maximum Gasteiger partial charge on any atom is 0.258 e. The predicted octanol–water partition coefficient (Wildman–Crippen LogP) is 0.396. The van der Waals surface area contributed by atoms with Crippen molar-refractivity contribution in [3.05, 3.63) is 41.5 Å². The van der Waals surface area contributed by atoms with Gasteiger partial charge in [-0.3, -0.25) is 14.9 Å². The van der Waals surface area contributed by atoms with Gasteiger partial charge in [0.25, 0.3) is 11.8 Å². The maximum atomic E-state index is 11.9. The summed E-state index contributed by atoms with van der Waals surface area (Å²) in [6.45, 7) is 0.178. The van der Waals surface area contributed by atoms with Gasteiger partial charge < -0.3 is 10.1 Å². The summed E-state index contributed by atoms with van der Waals surface area (Å²) in [7, 11) is 0. The standard InChI is InChI=1S/C14H13N3O3/c15-17(6-7-18)11-5-4-10-12-8(11)2-1-3-9(12)13(19)16-14(10)20/h1-5,18H,6-7,15H2,(H,16,19,20). The van der Waals surface area contributed by atoms with E-state index < -0.39 is 11.8 Å². The Balaban J connectivity index is 2.32. The van der Waals surface area contributed by atoms with Crippen molar-refractivity contribution in [3.63, 3.8) is 0 Å². The van der Waals surface area contributed by atoms with E-state index in [2.05, 4.69) is 5.32 Å². The quantitative estimate of drug-likeness (QED) is 0.426. The maximum absolute atomic E-state index is 11.9. The number of imide groups is 1. The van der Waals surface area contributed by atoms with Gasteiger partial charge in [-0.15, -0.1) is 0 Å². The van der Waals surface area contributed by atoms with E-state index in [4.69, 9.17) is 10.9 Å². The Morgan fingerprint density at radius 3 is 2.50 bits per heavy atom. The zero-order valence-electron chi connectivity index (χ0n) is 10.6. The lowest BCUT2D eigenvalue weighted by atomic mass is 9.94. The summed E-state index contributed by atoms with van der Waals surface area (Å²) in [5.74, 6) is 5.08. The Kier molecular flexibility index (Phi) is 2.89. The lowest BCUT2D eigenvalue weighted by Crippen LogP contribution is -2.36. The molecule has 0 saturated heterocycles. The van der Waals surface area contributed by atoms with Crippen LogP contribution in [0, 0.1) is 0 Å². The number of anilines is 1. The van der Waals surface area contributed by atoms with Gasteiger partial charge in [-0.1, -0.05) is 12.1 Å². The van der Waals surface area contributed by atoms with Gasteiger partial charge in [-0.05, 0) is 18.2 Å². The van der Waals surface area contributed by atoms with Crippen molar-refractivity contribution in [3.8, 4) is 0 Å². The molecule has 1 aliphatic heterocycles.